The Hall–Kier alpha value is -3.08. The minimum atomic E-state index is -0.554. The van der Waals surface area contributed by atoms with E-state index in [1.807, 2.05) is 36.4 Å². The van der Waals surface area contributed by atoms with Gasteiger partial charge in [-0.05, 0) is 29.2 Å². The Morgan fingerprint density at radius 3 is 2.60 bits per heavy atom. The summed E-state index contributed by atoms with van der Waals surface area (Å²) in [7, 11) is 0. The van der Waals surface area contributed by atoms with Crippen LogP contribution in [0.1, 0.15) is 18.9 Å². The summed E-state index contributed by atoms with van der Waals surface area (Å²) in [6.07, 6.45) is 1.69. The smallest absolute Gasteiger partial charge is 0.336 e. The van der Waals surface area contributed by atoms with Crippen molar-refractivity contribution >= 4 is 16.9 Å². The van der Waals surface area contributed by atoms with Gasteiger partial charge < -0.3 is 14.9 Å². The van der Waals surface area contributed by atoms with Crippen molar-refractivity contribution in [2.45, 2.75) is 19.8 Å². The van der Waals surface area contributed by atoms with Gasteiger partial charge in [0.15, 0.2) is 6.61 Å². The lowest BCUT2D eigenvalue weighted by atomic mass is 9.98. The SMILES string of the molecule is CCCc1cc2c(-c3ccccc3)cc(=O)oc2cc1OCC(N)=O. The highest BCUT2D eigenvalue weighted by molar-refractivity contribution is 5.94. The second kappa shape index (κ2) is 7.21. The van der Waals surface area contributed by atoms with Gasteiger partial charge in [0.1, 0.15) is 11.3 Å². The normalized spacial score (nSPS) is 10.8. The second-order valence-corrected chi connectivity index (χ2v) is 5.81. The Labute approximate surface area is 145 Å². The maximum absolute atomic E-state index is 12.0. The maximum atomic E-state index is 12.0. The Bertz CT molecular complexity index is 961. The van der Waals surface area contributed by atoms with Gasteiger partial charge in [0, 0.05) is 17.5 Å². The highest BCUT2D eigenvalue weighted by Crippen LogP contribution is 2.33. The molecule has 0 saturated carbocycles. The molecular formula is C20H19NO4. The van der Waals surface area contributed by atoms with E-state index in [1.54, 1.807) is 6.07 Å². The van der Waals surface area contributed by atoms with Gasteiger partial charge in [-0.15, -0.1) is 0 Å². The van der Waals surface area contributed by atoms with Crippen LogP contribution in [-0.2, 0) is 11.2 Å². The van der Waals surface area contributed by atoms with Gasteiger partial charge in [-0.2, -0.15) is 0 Å². The van der Waals surface area contributed by atoms with Crippen LogP contribution in [0.4, 0.5) is 0 Å². The predicted octanol–water partition coefficient (Wildman–Crippen LogP) is 3.28. The maximum Gasteiger partial charge on any atom is 0.336 e. The molecule has 1 heterocycles. The molecular weight excluding hydrogens is 318 g/mol. The molecule has 25 heavy (non-hydrogen) atoms. The van der Waals surface area contributed by atoms with Crippen molar-refractivity contribution in [3.8, 4) is 16.9 Å². The summed E-state index contributed by atoms with van der Waals surface area (Å²) in [5.41, 5.74) is 7.85. The van der Waals surface area contributed by atoms with Gasteiger partial charge in [-0.3, -0.25) is 4.79 Å². The molecule has 1 aromatic heterocycles. The van der Waals surface area contributed by atoms with E-state index in [1.165, 1.54) is 6.07 Å². The molecule has 3 aromatic rings. The summed E-state index contributed by atoms with van der Waals surface area (Å²) in [4.78, 5) is 23.0. The Morgan fingerprint density at radius 2 is 1.92 bits per heavy atom. The molecule has 0 fully saturated rings. The first-order valence-corrected chi connectivity index (χ1v) is 8.15. The molecule has 0 saturated heterocycles. The molecule has 2 aromatic carbocycles. The van der Waals surface area contributed by atoms with E-state index < -0.39 is 11.5 Å². The molecule has 5 heteroatoms. The van der Waals surface area contributed by atoms with Gasteiger partial charge in [0.25, 0.3) is 5.91 Å². The topological polar surface area (TPSA) is 82.5 Å². The number of ether oxygens (including phenoxy) is 1. The van der Waals surface area contributed by atoms with Crippen molar-refractivity contribution < 1.29 is 13.9 Å². The van der Waals surface area contributed by atoms with Crippen molar-refractivity contribution in [1.82, 2.24) is 0 Å². The van der Waals surface area contributed by atoms with Crippen LogP contribution >= 0.6 is 0 Å². The van der Waals surface area contributed by atoms with Crippen molar-refractivity contribution in [2.24, 2.45) is 5.73 Å². The fourth-order valence-electron chi connectivity index (χ4n) is 2.84. The van der Waals surface area contributed by atoms with E-state index in [-0.39, 0.29) is 6.61 Å². The van der Waals surface area contributed by atoms with Crippen LogP contribution in [0.5, 0.6) is 5.75 Å². The summed E-state index contributed by atoms with van der Waals surface area (Å²) in [6, 6.07) is 14.8. The monoisotopic (exact) mass is 337 g/mol. The number of fused-ring (bicyclic) bond motifs is 1. The third-order valence-corrected chi connectivity index (χ3v) is 3.90. The molecule has 0 spiro atoms. The minimum Gasteiger partial charge on any atom is -0.483 e. The number of benzene rings is 2. The molecule has 0 radical (unpaired) electrons. The van der Waals surface area contributed by atoms with E-state index in [4.69, 9.17) is 14.9 Å². The largest absolute Gasteiger partial charge is 0.483 e. The summed E-state index contributed by atoms with van der Waals surface area (Å²) < 4.78 is 10.9. The van der Waals surface area contributed by atoms with E-state index >= 15 is 0 Å². The molecule has 5 nitrogen and oxygen atoms in total. The Kier molecular flexibility index (Phi) is 4.84. The van der Waals surface area contributed by atoms with E-state index in [0.717, 1.165) is 34.9 Å². The fourth-order valence-corrected chi connectivity index (χ4v) is 2.84. The third-order valence-electron chi connectivity index (χ3n) is 3.90. The van der Waals surface area contributed by atoms with E-state index in [2.05, 4.69) is 6.92 Å². The average molecular weight is 337 g/mol. The highest BCUT2D eigenvalue weighted by Gasteiger charge is 2.13. The molecule has 3 rings (SSSR count). The Balaban J connectivity index is 2.21. The lowest BCUT2D eigenvalue weighted by molar-refractivity contribution is -0.119. The third kappa shape index (κ3) is 3.71. The van der Waals surface area contributed by atoms with Crippen LogP contribution < -0.4 is 16.1 Å². The summed E-state index contributed by atoms with van der Waals surface area (Å²) in [5, 5.41) is 0.834. The minimum absolute atomic E-state index is 0.217. The molecule has 128 valence electrons. The van der Waals surface area contributed by atoms with Crippen molar-refractivity contribution in [3.63, 3.8) is 0 Å². The summed E-state index contributed by atoms with van der Waals surface area (Å²) in [5.74, 6) is -0.0384. The molecule has 0 aliphatic rings. The molecule has 0 atom stereocenters. The average Bonchev–Trinajstić information content (AvgIpc) is 2.60. The highest BCUT2D eigenvalue weighted by atomic mass is 16.5. The standard InChI is InChI=1S/C20H19NO4/c1-2-6-14-9-16-15(13-7-4-3-5-8-13)10-20(23)25-18(16)11-17(14)24-12-19(21)22/h3-5,7-11H,2,6,12H2,1H3,(H2,21,22). The zero-order valence-corrected chi connectivity index (χ0v) is 14.0. The number of nitrogens with two attached hydrogens (primary N) is 1. The van der Waals surface area contributed by atoms with E-state index in [9.17, 15) is 9.59 Å². The first kappa shape index (κ1) is 16.8. The number of amides is 1. The van der Waals surface area contributed by atoms with Crippen molar-refractivity contribution in [1.29, 1.82) is 0 Å². The van der Waals surface area contributed by atoms with Gasteiger partial charge in [0.2, 0.25) is 0 Å². The van der Waals surface area contributed by atoms with Crippen LogP contribution in [0.2, 0.25) is 0 Å². The number of rotatable bonds is 6. The summed E-state index contributed by atoms with van der Waals surface area (Å²) in [6.45, 7) is 1.84. The van der Waals surface area contributed by atoms with Crippen LogP contribution in [0.3, 0.4) is 0 Å². The molecule has 0 unspecified atom stereocenters. The van der Waals surface area contributed by atoms with Crippen LogP contribution in [0, 0.1) is 0 Å². The van der Waals surface area contributed by atoms with Crippen LogP contribution in [0.25, 0.3) is 22.1 Å². The second-order valence-electron chi connectivity index (χ2n) is 5.81. The number of hydrogen-bond donors (Lipinski definition) is 1. The molecule has 0 aliphatic heterocycles. The number of hydrogen-bond acceptors (Lipinski definition) is 4. The lowest BCUT2D eigenvalue weighted by Crippen LogP contribution is -2.20. The first-order valence-electron chi connectivity index (χ1n) is 8.15. The van der Waals surface area contributed by atoms with Gasteiger partial charge in [-0.1, -0.05) is 43.7 Å². The summed E-state index contributed by atoms with van der Waals surface area (Å²) >= 11 is 0. The zero-order chi connectivity index (χ0) is 17.8. The van der Waals surface area contributed by atoms with Gasteiger partial charge >= 0.3 is 5.63 Å². The lowest BCUT2D eigenvalue weighted by Gasteiger charge is -2.13. The van der Waals surface area contributed by atoms with Crippen molar-refractivity contribution in [2.75, 3.05) is 6.61 Å². The van der Waals surface area contributed by atoms with Crippen molar-refractivity contribution in [3.05, 3.63) is 64.5 Å². The van der Waals surface area contributed by atoms with E-state index in [0.29, 0.717) is 11.3 Å². The van der Waals surface area contributed by atoms with Gasteiger partial charge in [0.05, 0.1) is 0 Å². The number of carbonyl (C=O) groups is 1. The zero-order valence-electron chi connectivity index (χ0n) is 14.0. The van der Waals surface area contributed by atoms with Crippen LogP contribution in [-0.4, -0.2) is 12.5 Å². The van der Waals surface area contributed by atoms with Crippen LogP contribution in [0.15, 0.2) is 57.7 Å². The van der Waals surface area contributed by atoms with Gasteiger partial charge in [-0.25, -0.2) is 4.79 Å². The fraction of sp³-hybridized carbons (Fsp3) is 0.200. The quantitative estimate of drug-likeness (QED) is 0.700. The predicted molar refractivity (Wildman–Crippen MR) is 96.6 cm³/mol. The molecule has 0 aliphatic carbocycles. The first-order chi connectivity index (χ1) is 12.1. The number of carbonyl (C=O) groups excluding carboxylic acids is 1. The molecule has 2 N–H and O–H groups in total. The molecule has 0 bridgehead atoms. The number of primary amides is 1. The Morgan fingerprint density at radius 1 is 1.16 bits per heavy atom. The molecule has 1 amide bonds. The number of aryl methyl sites for hydroxylation is 1.